The molecule has 3 aromatic heterocycles. The van der Waals surface area contributed by atoms with Crippen LogP contribution < -0.4 is 10.6 Å². The van der Waals surface area contributed by atoms with Crippen LogP contribution in [0.1, 0.15) is 95.9 Å². The van der Waals surface area contributed by atoms with Crippen molar-refractivity contribution in [3.05, 3.63) is 101 Å². The minimum absolute atomic E-state index is 0.0810. The van der Waals surface area contributed by atoms with Crippen LogP contribution >= 0.6 is 0 Å². The first-order valence-electron chi connectivity index (χ1n) is 19.4. The van der Waals surface area contributed by atoms with E-state index in [2.05, 4.69) is 45.3 Å². The Morgan fingerprint density at radius 2 is 1.71 bits per heavy atom. The Hall–Kier alpha value is -6.24. The van der Waals surface area contributed by atoms with E-state index < -0.39 is 6.04 Å². The third kappa shape index (κ3) is 6.93. The third-order valence-corrected chi connectivity index (χ3v) is 11.1. The highest BCUT2D eigenvalue weighted by Gasteiger charge is 2.41. The zero-order chi connectivity index (χ0) is 39.1. The second kappa shape index (κ2) is 15.1. The molecule has 1 saturated carbocycles. The molecule has 1 aliphatic carbocycles. The fraction of sp³-hybridized carbons (Fsp3) is 0.349. The number of fused-ring (bicyclic) bond motifs is 3. The lowest BCUT2D eigenvalue weighted by molar-refractivity contribution is -0.137. The molecule has 0 spiro atoms. The number of carbonyl (C=O) groups excluding carboxylic acids is 5. The van der Waals surface area contributed by atoms with E-state index >= 15 is 0 Å². The van der Waals surface area contributed by atoms with Crippen molar-refractivity contribution in [2.75, 3.05) is 13.1 Å². The molecule has 2 aromatic carbocycles. The zero-order valence-electron chi connectivity index (χ0n) is 31.8. The molecule has 6 heterocycles. The Morgan fingerprint density at radius 3 is 2.43 bits per heavy atom. The first kappa shape index (κ1) is 36.7. The molecule has 5 amide bonds. The van der Waals surface area contributed by atoms with E-state index in [1.54, 1.807) is 24.1 Å². The van der Waals surface area contributed by atoms with Crippen LogP contribution in [-0.4, -0.2) is 78.0 Å². The summed E-state index contributed by atoms with van der Waals surface area (Å²) in [6.45, 7) is 8.68. The summed E-state index contributed by atoms with van der Waals surface area (Å²) in [5.74, 6) is 0.833. The van der Waals surface area contributed by atoms with E-state index in [-0.39, 0.29) is 29.5 Å². The molecular formula is C43H44N8O5. The van der Waals surface area contributed by atoms with E-state index in [9.17, 15) is 24.0 Å². The average Bonchev–Trinajstić information content (AvgIpc) is 3.92. The maximum absolute atomic E-state index is 12.6. The lowest BCUT2D eigenvalue weighted by Gasteiger charge is -2.29. The number of hydrogen-bond acceptors (Lipinski definition) is 8. The number of imidazole rings is 1. The predicted octanol–water partition coefficient (Wildman–Crippen LogP) is 5.16. The summed E-state index contributed by atoms with van der Waals surface area (Å²) in [5.41, 5.74) is 8.08. The van der Waals surface area contributed by atoms with Gasteiger partial charge in [-0.25, -0.2) is 4.98 Å². The summed E-state index contributed by atoms with van der Waals surface area (Å²) in [7, 11) is 0. The van der Waals surface area contributed by atoms with Gasteiger partial charge in [0.25, 0.3) is 11.8 Å². The maximum Gasteiger partial charge on any atom is 0.269 e. The Morgan fingerprint density at radius 1 is 0.911 bits per heavy atom. The van der Waals surface area contributed by atoms with Gasteiger partial charge in [0.1, 0.15) is 17.6 Å². The number of rotatable bonds is 7. The molecule has 2 fully saturated rings. The SMILES string of the molecule is CCNC(=O)c1ccc(-c2cc3cccc(-c4nc(CC)n5c4CN(C(C)=O)CC5)c3cn2)cn1.O=C1CCC(N2Cc3c(cccc3C3CC3)C2=O)C(=O)N1. The zero-order valence-corrected chi connectivity index (χ0v) is 31.8. The van der Waals surface area contributed by atoms with Gasteiger partial charge in [0.15, 0.2) is 0 Å². The highest BCUT2D eigenvalue weighted by atomic mass is 16.2. The van der Waals surface area contributed by atoms with Crippen LogP contribution in [0.4, 0.5) is 0 Å². The van der Waals surface area contributed by atoms with Gasteiger partial charge in [-0.1, -0.05) is 37.3 Å². The van der Waals surface area contributed by atoms with Crippen molar-refractivity contribution in [3.8, 4) is 22.5 Å². The van der Waals surface area contributed by atoms with Crippen LogP contribution in [0.15, 0.2) is 67.0 Å². The van der Waals surface area contributed by atoms with Crippen LogP contribution in [-0.2, 0) is 40.4 Å². The van der Waals surface area contributed by atoms with Gasteiger partial charge in [0, 0.05) is 80.4 Å². The Kier molecular flexibility index (Phi) is 9.92. The van der Waals surface area contributed by atoms with Crippen LogP contribution in [0.5, 0.6) is 0 Å². The molecule has 0 radical (unpaired) electrons. The number of nitrogens with zero attached hydrogens (tertiary/aromatic N) is 6. The second-order valence-corrected chi connectivity index (χ2v) is 14.7. The van der Waals surface area contributed by atoms with Crippen molar-refractivity contribution < 1.29 is 24.0 Å². The molecule has 5 aromatic rings. The van der Waals surface area contributed by atoms with Crippen molar-refractivity contribution in [3.63, 3.8) is 0 Å². The molecule has 2 N–H and O–H groups in total. The number of aryl methyl sites for hydroxylation is 1. The molecule has 4 aliphatic rings. The minimum Gasteiger partial charge on any atom is -0.351 e. The molecule has 1 unspecified atom stereocenters. The first-order chi connectivity index (χ1) is 27.1. The van der Waals surface area contributed by atoms with E-state index in [4.69, 9.17) is 9.97 Å². The second-order valence-electron chi connectivity index (χ2n) is 14.7. The molecule has 0 bridgehead atoms. The Bertz CT molecular complexity index is 2400. The summed E-state index contributed by atoms with van der Waals surface area (Å²) < 4.78 is 2.26. The van der Waals surface area contributed by atoms with E-state index in [1.165, 1.54) is 18.4 Å². The molecule has 13 nitrogen and oxygen atoms in total. The van der Waals surface area contributed by atoms with Gasteiger partial charge < -0.3 is 19.7 Å². The topological polar surface area (TPSA) is 159 Å². The van der Waals surface area contributed by atoms with Gasteiger partial charge in [-0.15, -0.1) is 0 Å². The standard InChI is InChI=1S/C27H28N6O2.C16H16N2O3/c1-4-25-31-26(24-16-32(17(3)34)11-12-33(24)25)20-8-6-7-18-13-23(30-15-21(18)20)19-9-10-22(29-14-19)27(35)28-5-2;19-14-7-6-13(15(20)17-14)18-8-12-10(9-4-5-9)2-1-3-11(12)16(18)21/h6-10,13-15H,4-5,11-12,16H2,1-3H3,(H,28,35);1-3,9,13H,4-8H2,(H,17,19,20). The van der Waals surface area contributed by atoms with Crippen molar-refractivity contribution in [1.82, 2.24) is 40.0 Å². The van der Waals surface area contributed by atoms with Crippen LogP contribution in [0.2, 0.25) is 0 Å². The first-order valence-corrected chi connectivity index (χ1v) is 19.4. The smallest absolute Gasteiger partial charge is 0.269 e. The number of aromatic nitrogens is 4. The minimum atomic E-state index is -0.519. The third-order valence-electron chi connectivity index (χ3n) is 11.1. The van der Waals surface area contributed by atoms with Crippen molar-refractivity contribution in [2.24, 2.45) is 0 Å². The normalized spacial score (nSPS) is 17.6. The highest BCUT2D eigenvalue weighted by Crippen LogP contribution is 2.44. The molecule has 3 aliphatic heterocycles. The molecule has 1 saturated heterocycles. The van der Waals surface area contributed by atoms with Gasteiger partial charge in [0.2, 0.25) is 17.7 Å². The predicted molar refractivity (Wildman–Crippen MR) is 209 cm³/mol. The monoisotopic (exact) mass is 752 g/mol. The number of pyridine rings is 2. The number of imide groups is 1. The van der Waals surface area contributed by atoms with E-state index in [1.807, 2.05) is 48.4 Å². The van der Waals surface area contributed by atoms with Gasteiger partial charge in [-0.2, -0.15) is 0 Å². The van der Waals surface area contributed by atoms with Crippen molar-refractivity contribution in [1.29, 1.82) is 0 Å². The lowest BCUT2D eigenvalue weighted by atomic mass is 10.00. The lowest BCUT2D eigenvalue weighted by Crippen LogP contribution is -2.52. The van der Waals surface area contributed by atoms with Crippen molar-refractivity contribution in [2.45, 2.75) is 84.5 Å². The number of carbonyl (C=O) groups is 5. The summed E-state index contributed by atoms with van der Waals surface area (Å²) >= 11 is 0. The Labute approximate surface area is 324 Å². The van der Waals surface area contributed by atoms with Crippen LogP contribution in [0, 0.1) is 0 Å². The van der Waals surface area contributed by atoms with E-state index in [0.717, 1.165) is 68.9 Å². The molecule has 286 valence electrons. The number of piperidine rings is 1. The summed E-state index contributed by atoms with van der Waals surface area (Å²) in [5, 5.41) is 7.14. The fourth-order valence-corrected chi connectivity index (χ4v) is 8.05. The van der Waals surface area contributed by atoms with E-state index in [0.29, 0.717) is 50.6 Å². The summed E-state index contributed by atoms with van der Waals surface area (Å²) in [6.07, 6.45) is 7.47. The molecule has 56 heavy (non-hydrogen) atoms. The summed E-state index contributed by atoms with van der Waals surface area (Å²) in [6, 6.07) is 17.1. The average molecular weight is 753 g/mol. The molecule has 13 heteroatoms. The number of amides is 5. The summed E-state index contributed by atoms with van der Waals surface area (Å²) in [4.78, 5) is 77.4. The highest BCUT2D eigenvalue weighted by molar-refractivity contribution is 6.05. The quantitative estimate of drug-likeness (QED) is 0.216. The number of benzene rings is 2. The number of hydrogen-bond donors (Lipinski definition) is 2. The fourth-order valence-electron chi connectivity index (χ4n) is 8.05. The van der Waals surface area contributed by atoms with Gasteiger partial charge in [-0.05, 0) is 72.9 Å². The maximum atomic E-state index is 12.6. The Balaban J connectivity index is 0.000000178. The van der Waals surface area contributed by atoms with Gasteiger partial charge in [0.05, 0.1) is 23.6 Å². The largest absolute Gasteiger partial charge is 0.351 e. The van der Waals surface area contributed by atoms with Crippen LogP contribution in [0.3, 0.4) is 0 Å². The molecule has 1 atom stereocenters. The van der Waals surface area contributed by atoms with Gasteiger partial charge >= 0.3 is 0 Å². The van der Waals surface area contributed by atoms with Crippen LogP contribution in [0.25, 0.3) is 33.3 Å². The number of nitrogens with one attached hydrogen (secondary N) is 2. The van der Waals surface area contributed by atoms with Gasteiger partial charge in [-0.3, -0.25) is 39.3 Å². The van der Waals surface area contributed by atoms with Crippen molar-refractivity contribution >= 4 is 40.3 Å². The molecular weight excluding hydrogens is 709 g/mol. The molecule has 9 rings (SSSR count).